The lowest BCUT2D eigenvalue weighted by Crippen LogP contribution is -2.25. The maximum atomic E-state index is 5.74. The Labute approximate surface area is 152 Å². The van der Waals surface area contributed by atoms with Gasteiger partial charge >= 0.3 is 0 Å². The average Bonchev–Trinajstić information content (AvgIpc) is 2.61. The molecule has 0 aliphatic carbocycles. The summed E-state index contributed by atoms with van der Waals surface area (Å²) in [5.74, 6) is 0.859. The van der Waals surface area contributed by atoms with E-state index in [4.69, 9.17) is 4.74 Å². The predicted molar refractivity (Wildman–Crippen MR) is 108 cm³/mol. The predicted octanol–water partition coefficient (Wildman–Crippen LogP) is 4.86. The normalized spacial score (nSPS) is 12.6. The monoisotopic (exact) mass is 343 g/mol. The smallest absolute Gasteiger partial charge is 0.145 e. The van der Waals surface area contributed by atoms with E-state index in [2.05, 4.69) is 49.0 Å². The van der Waals surface area contributed by atoms with Crippen LogP contribution >= 0.6 is 0 Å². The van der Waals surface area contributed by atoms with Gasteiger partial charge in [0.2, 0.25) is 0 Å². The van der Waals surface area contributed by atoms with Gasteiger partial charge in [0.1, 0.15) is 11.3 Å². The number of anilines is 1. The van der Waals surface area contributed by atoms with Crippen LogP contribution in [0, 0.1) is 6.92 Å². The summed E-state index contributed by atoms with van der Waals surface area (Å²) in [6.45, 7) is 14.9. The summed E-state index contributed by atoms with van der Waals surface area (Å²) in [6.07, 6.45) is 4.31. The highest BCUT2D eigenvalue weighted by atomic mass is 16.5. The molecule has 1 atom stereocenters. The van der Waals surface area contributed by atoms with Crippen molar-refractivity contribution in [3.05, 3.63) is 30.0 Å². The third-order valence-electron chi connectivity index (χ3n) is 4.75. The maximum Gasteiger partial charge on any atom is 0.145 e. The van der Waals surface area contributed by atoms with Crippen LogP contribution in [0.3, 0.4) is 0 Å². The molecule has 1 aromatic carbocycles. The Morgan fingerprint density at radius 3 is 2.64 bits per heavy atom. The Morgan fingerprint density at radius 2 is 1.96 bits per heavy atom. The maximum absolute atomic E-state index is 5.74. The van der Waals surface area contributed by atoms with E-state index in [0.717, 1.165) is 36.2 Å². The third kappa shape index (κ3) is 5.08. The van der Waals surface area contributed by atoms with Crippen LogP contribution in [0.2, 0.25) is 0 Å². The van der Waals surface area contributed by atoms with Gasteiger partial charge in [-0.15, -0.1) is 0 Å². The van der Waals surface area contributed by atoms with Crippen LogP contribution < -0.4 is 10.1 Å². The Morgan fingerprint density at radius 1 is 1.20 bits per heavy atom. The zero-order chi connectivity index (χ0) is 18.2. The zero-order valence-electron chi connectivity index (χ0n) is 16.4. The lowest BCUT2D eigenvalue weighted by Gasteiger charge is -2.22. The van der Waals surface area contributed by atoms with Gasteiger partial charge in [0.15, 0.2) is 0 Å². The highest BCUT2D eigenvalue weighted by Gasteiger charge is 2.12. The first-order valence-corrected chi connectivity index (χ1v) is 9.60. The van der Waals surface area contributed by atoms with Crippen molar-refractivity contribution in [2.45, 2.75) is 53.5 Å². The summed E-state index contributed by atoms with van der Waals surface area (Å²) in [7, 11) is 0. The lowest BCUT2D eigenvalue weighted by molar-refractivity contribution is 0.295. The third-order valence-corrected chi connectivity index (χ3v) is 4.75. The molecule has 1 N–H and O–H groups in total. The molecule has 4 nitrogen and oxygen atoms in total. The van der Waals surface area contributed by atoms with E-state index < -0.39 is 0 Å². The fraction of sp³-hybridized carbons (Fsp3) is 0.571. The van der Waals surface area contributed by atoms with Gasteiger partial charge < -0.3 is 15.0 Å². The molecule has 1 heterocycles. The minimum absolute atomic E-state index is 0.426. The Balaban J connectivity index is 2.11. The van der Waals surface area contributed by atoms with E-state index in [9.17, 15) is 0 Å². The van der Waals surface area contributed by atoms with Crippen LogP contribution in [0.5, 0.6) is 5.75 Å². The number of fused-ring (bicyclic) bond motifs is 1. The molecule has 0 bridgehead atoms. The van der Waals surface area contributed by atoms with E-state index in [-0.39, 0.29) is 0 Å². The first-order valence-electron chi connectivity index (χ1n) is 9.60. The number of nitrogens with zero attached hydrogens (tertiary/aromatic N) is 2. The minimum atomic E-state index is 0.426. The first-order chi connectivity index (χ1) is 12.1. The summed E-state index contributed by atoms with van der Waals surface area (Å²) >= 11 is 0. The van der Waals surface area contributed by atoms with E-state index in [1.54, 1.807) is 0 Å². The average molecular weight is 344 g/mol. The largest absolute Gasteiger partial charge is 0.492 e. The fourth-order valence-corrected chi connectivity index (χ4v) is 3.24. The lowest BCUT2D eigenvalue weighted by atomic mass is 10.1. The quantitative estimate of drug-likeness (QED) is 0.668. The van der Waals surface area contributed by atoms with Gasteiger partial charge in [0.05, 0.1) is 6.61 Å². The molecular formula is C21H33N3O. The first kappa shape index (κ1) is 19.5. The molecule has 0 saturated carbocycles. The van der Waals surface area contributed by atoms with Crippen LogP contribution in [0.15, 0.2) is 24.4 Å². The van der Waals surface area contributed by atoms with Gasteiger partial charge in [-0.25, -0.2) is 0 Å². The number of pyridine rings is 1. The molecule has 1 aromatic heterocycles. The number of aryl methyl sites for hydroxylation is 1. The van der Waals surface area contributed by atoms with Gasteiger partial charge in [0, 0.05) is 23.3 Å². The van der Waals surface area contributed by atoms with Crippen molar-refractivity contribution in [2.75, 3.05) is 31.6 Å². The number of aromatic nitrogens is 1. The van der Waals surface area contributed by atoms with Gasteiger partial charge in [-0.1, -0.05) is 26.0 Å². The molecular weight excluding hydrogens is 310 g/mol. The van der Waals surface area contributed by atoms with E-state index in [0.29, 0.717) is 12.6 Å². The van der Waals surface area contributed by atoms with Crippen molar-refractivity contribution in [1.82, 2.24) is 9.88 Å². The molecule has 0 unspecified atom stereocenters. The number of benzene rings is 1. The fourth-order valence-electron chi connectivity index (χ4n) is 3.24. The van der Waals surface area contributed by atoms with Crippen molar-refractivity contribution in [3.63, 3.8) is 0 Å². The van der Waals surface area contributed by atoms with Gasteiger partial charge in [-0.3, -0.25) is 4.98 Å². The van der Waals surface area contributed by atoms with Crippen molar-refractivity contribution < 1.29 is 4.74 Å². The summed E-state index contributed by atoms with van der Waals surface area (Å²) in [4.78, 5) is 7.08. The highest BCUT2D eigenvalue weighted by molar-refractivity contribution is 5.96. The van der Waals surface area contributed by atoms with Crippen LogP contribution in [-0.4, -0.2) is 42.2 Å². The molecule has 0 radical (unpaired) electrons. The molecule has 0 fully saturated rings. The summed E-state index contributed by atoms with van der Waals surface area (Å²) in [5, 5.41) is 4.86. The SMILES string of the molecule is CCOc1cccc2c(N[C@@H](C)CCCN(CC)CC)c(C)cnc12. The highest BCUT2D eigenvalue weighted by Crippen LogP contribution is 2.32. The summed E-state index contributed by atoms with van der Waals surface area (Å²) in [6, 6.07) is 6.59. The Hall–Kier alpha value is -1.81. The van der Waals surface area contributed by atoms with Crippen LogP contribution in [-0.2, 0) is 0 Å². The Bertz CT molecular complexity index is 667. The van der Waals surface area contributed by atoms with Crippen molar-refractivity contribution in [2.24, 2.45) is 0 Å². The molecule has 25 heavy (non-hydrogen) atoms. The molecule has 2 rings (SSSR count). The molecule has 2 aromatic rings. The van der Waals surface area contributed by atoms with Crippen molar-refractivity contribution in [3.8, 4) is 5.75 Å². The number of ether oxygens (including phenoxy) is 1. The molecule has 138 valence electrons. The second-order valence-corrected chi connectivity index (χ2v) is 6.62. The van der Waals surface area contributed by atoms with E-state index >= 15 is 0 Å². The minimum Gasteiger partial charge on any atom is -0.492 e. The molecule has 0 spiro atoms. The number of hydrogen-bond donors (Lipinski definition) is 1. The van der Waals surface area contributed by atoms with Crippen LogP contribution in [0.1, 0.15) is 46.1 Å². The van der Waals surface area contributed by atoms with Gasteiger partial charge in [-0.2, -0.15) is 0 Å². The number of rotatable bonds is 10. The topological polar surface area (TPSA) is 37.4 Å². The van der Waals surface area contributed by atoms with Crippen LogP contribution in [0.4, 0.5) is 5.69 Å². The molecule has 4 heteroatoms. The Kier molecular flexibility index (Phi) is 7.51. The van der Waals surface area contributed by atoms with E-state index in [1.165, 1.54) is 24.2 Å². The molecule has 0 amide bonds. The zero-order valence-corrected chi connectivity index (χ0v) is 16.4. The van der Waals surface area contributed by atoms with E-state index in [1.807, 2.05) is 25.3 Å². The number of nitrogens with one attached hydrogen (secondary N) is 1. The molecule has 0 aliphatic rings. The number of hydrogen-bond acceptors (Lipinski definition) is 4. The van der Waals surface area contributed by atoms with Gasteiger partial charge in [-0.05, 0) is 64.9 Å². The van der Waals surface area contributed by atoms with Gasteiger partial charge in [0.25, 0.3) is 0 Å². The second kappa shape index (κ2) is 9.62. The number of para-hydroxylation sites is 1. The van der Waals surface area contributed by atoms with Crippen molar-refractivity contribution >= 4 is 16.6 Å². The van der Waals surface area contributed by atoms with Crippen LogP contribution in [0.25, 0.3) is 10.9 Å². The molecule has 0 saturated heterocycles. The van der Waals surface area contributed by atoms with Crippen molar-refractivity contribution in [1.29, 1.82) is 0 Å². The summed E-state index contributed by atoms with van der Waals surface area (Å²) in [5.41, 5.74) is 3.30. The second-order valence-electron chi connectivity index (χ2n) is 6.62. The summed E-state index contributed by atoms with van der Waals surface area (Å²) < 4.78 is 5.74. The molecule has 0 aliphatic heterocycles. The standard InChI is InChI=1S/C21H33N3O/c1-6-24(7-2)14-10-11-17(5)23-20-16(4)15-22-21-18(20)12-9-13-19(21)25-8-3/h9,12-13,15,17H,6-8,10-11,14H2,1-5H3,(H,22,23)/t17-/m0/s1.